The highest BCUT2D eigenvalue weighted by molar-refractivity contribution is 7.89. The molecule has 0 aromatic heterocycles. The number of carbonyl (C=O) groups is 1. The Kier molecular flexibility index (Phi) is 5.72. The van der Waals surface area contributed by atoms with Gasteiger partial charge in [-0.05, 0) is 38.1 Å². The molecule has 0 aliphatic carbocycles. The number of ether oxygens (including phenoxy) is 1. The summed E-state index contributed by atoms with van der Waals surface area (Å²) in [5.41, 5.74) is 0.289. The van der Waals surface area contributed by atoms with Crippen LogP contribution in [0, 0.1) is 5.82 Å². The first-order chi connectivity index (χ1) is 10.8. The monoisotopic (exact) mass is 344 g/mol. The van der Waals surface area contributed by atoms with Crippen molar-refractivity contribution in [3.05, 3.63) is 35.6 Å². The van der Waals surface area contributed by atoms with Gasteiger partial charge in [0.2, 0.25) is 10.0 Å². The van der Waals surface area contributed by atoms with Gasteiger partial charge in [0.1, 0.15) is 5.82 Å². The Morgan fingerprint density at radius 1 is 1.26 bits per heavy atom. The zero-order chi connectivity index (χ0) is 17.0. The second-order valence-corrected chi connectivity index (χ2v) is 7.74. The van der Waals surface area contributed by atoms with E-state index in [-0.39, 0.29) is 30.1 Å². The molecule has 2 atom stereocenters. The normalized spacial score (nSPS) is 22.7. The van der Waals surface area contributed by atoms with E-state index >= 15 is 0 Å². The standard InChI is InChI=1S/C15H21FN2O4S/c1-11-9-18(10-12(2)22-11)23(20,21)8-7-17-15(19)13-3-5-14(16)6-4-13/h3-6,11-12H,7-10H2,1-2H3,(H,17,19)/t11-,12-/m0/s1. The van der Waals surface area contributed by atoms with Crippen molar-refractivity contribution >= 4 is 15.9 Å². The van der Waals surface area contributed by atoms with E-state index in [9.17, 15) is 17.6 Å². The maximum absolute atomic E-state index is 12.8. The van der Waals surface area contributed by atoms with Gasteiger partial charge in [0.05, 0.1) is 18.0 Å². The van der Waals surface area contributed by atoms with Crippen LogP contribution in [-0.4, -0.2) is 56.2 Å². The van der Waals surface area contributed by atoms with Crippen LogP contribution in [0.4, 0.5) is 4.39 Å². The van der Waals surface area contributed by atoms with Gasteiger partial charge in [0, 0.05) is 25.2 Å². The highest BCUT2D eigenvalue weighted by atomic mass is 32.2. The van der Waals surface area contributed by atoms with E-state index in [4.69, 9.17) is 4.74 Å². The zero-order valence-electron chi connectivity index (χ0n) is 13.2. The molecule has 1 saturated heterocycles. The summed E-state index contributed by atoms with van der Waals surface area (Å²) in [4.78, 5) is 11.9. The predicted molar refractivity (Wildman–Crippen MR) is 84.1 cm³/mol. The lowest BCUT2D eigenvalue weighted by Crippen LogP contribution is -2.49. The van der Waals surface area contributed by atoms with Gasteiger partial charge in [-0.2, -0.15) is 4.31 Å². The van der Waals surface area contributed by atoms with Gasteiger partial charge in [-0.15, -0.1) is 0 Å². The number of carbonyl (C=O) groups excluding carboxylic acids is 1. The van der Waals surface area contributed by atoms with Crippen molar-refractivity contribution in [2.45, 2.75) is 26.1 Å². The second kappa shape index (κ2) is 7.37. The number of rotatable bonds is 5. The number of sulfonamides is 1. The second-order valence-electron chi connectivity index (χ2n) is 5.65. The molecule has 1 heterocycles. The molecule has 1 amide bonds. The molecular weight excluding hydrogens is 323 g/mol. The summed E-state index contributed by atoms with van der Waals surface area (Å²) in [5, 5.41) is 2.54. The van der Waals surface area contributed by atoms with E-state index in [0.717, 1.165) is 0 Å². The number of nitrogens with zero attached hydrogens (tertiary/aromatic N) is 1. The number of hydrogen-bond acceptors (Lipinski definition) is 4. The maximum Gasteiger partial charge on any atom is 0.251 e. The molecule has 6 nitrogen and oxygen atoms in total. The van der Waals surface area contributed by atoms with Crippen LogP contribution in [-0.2, 0) is 14.8 Å². The number of morpholine rings is 1. The fourth-order valence-electron chi connectivity index (χ4n) is 2.48. The van der Waals surface area contributed by atoms with Crippen LogP contribution in [0.5, 0.6) is 0 Å². The summed E-state index contributed by atoms with van der Waals surface area (Å²) in [6, 6.07) is 5.07. The Morgan fingerprint density at radius 3 is 2.39 bits per heavy atom. The first-order valence-electron chi connectivity index (χ1n) is 7.45. The molecule has 1 N–H and O–H groups in total. The van der Waals surface area contributed by atoms with E-state index < -0.39 is 21.7 Å². The highest BCUT2D eigenvalue weighted by Gasteiger charge is 2.30. The summed E-state index contributed by atoms with van der Waals surface area (Å²) < 4.78 is 44.3. The molecule has 23 heavy (non-hydrogen) atoms. The average Bonchev–Trinajstić information content (AvgIpc) is 2.46. The molecule has 1 fully saturated rings. The first kappa shape index (κ1) is 17.8. The van der Waals surface area contributed by atoms with Crippen molar-refractivity contribution in [3.63, 3.8) is 0 Å². The predicted octanol–water partition coefficient (Wildman–Crippen LogP) is 0.994. The molecular formula is C15H21FN2O4S. The Balaban J connectivity index is 1.87. The average molecular weight is 344 g/mol. The summed E-state index contributed by atoms with van der Waals surface area (Å²) in [6.07, 6.45) is -0.301. The van der Waals surface area contributed by atoms with Gasteiger partial charge in [0.25, 0.3) is 5.91 Å². The minimum atomic E-state index is -3.46. The van der Waals surface area contributed by atoms with Crippen LogP contribution in [0.25, 0.3) is 0 Å². The molecule has 0 spiro atoms. The van der Waals surface area contributed by atoms with Crippen LogP contribution in [0.2, 0.25) is 0 Å². The minimum absolute atomic E-state index is 0.00133. The molecule has 0 unspecified atom stereocenters. The van der Waals surface area contributed by atoms with Crippen molar-refractivity contribution in [2.75, 3.05) is 25.4 Å². The summed E-state index contributed by atoms with van der Waals surface area (Å²) in [7, 11) is -3.46. The summed E-state index contributed by atoms with van der Waals surface area (Å²) >= 11 is 0. The molecule has 1 aliphatic rings. The fraction of sp³-hybridized carbons (Fsp3) is 0.533. The van der Waals surface area contributed by atoms with Crippen molar-refractivity contribution < 1.29 is 22.3 Å². The third-order valence-electron chi connectivity index (χ3n) is 3.53. The van der Waals surface area contributed by atoms with Crippen molar-refractivity contribution in [1.82, 2.24) is 9.62 Å². The third-order valence-corrected chi connectivity index (χ3v) is 5.34. The molecule has 0 saturated carbocycles. The molecule has 1 aromatic rings. The van der Waals surface area contributed by atoms with Gasteiger partial charge in [-0.3, -0.25) is 4.79 Å². The highest BCUT2D eigenvalue weighted by Crippen LogP contribution is 2.14. The molecule has 0 bridgehead atoms. The van der Waals surface area contributed by atoms with Gasteiger partial charge >= 0.3 is 0 Å². The Labute approximate surface area is 135 Å². The number of hydrogen-bond donors (Lipinski definition) is 1. The fourth-order valence-corrected chi connectivity index (χ4v) is 3.98. The van der Waals surface area contributed by atoms with E-state index in [2.05, 4.69) is 5.32 Å². The van der Waals surface area contributed by atoms with E-state index in [1.165, 1.54) is 28.6 Å². The third kappa shape index (κ3) is 4.98. The molecule has 0 radical (unpaired) electrons. The van der Waals surface area contributed by atoms with Crippen LogP contribution >= 0.6 is 0 Å². The maximum atomic E-state index is 12.8. The SMILES string of the molecule is C[C@H]1CN(S(=O)(=O)CCNC(=O)c2ccc(F)cc2)C[C@H](C)O1. The van der Waals surface area contributed by atoms with Crippen LogP contribution < -0.4 is 5.32 Å². The Bertz CT molecular complexity index is 638. The van der Waals surface area contributed by atoms with Gasteiger partial charge in [-0.1, -0.05) is 0 Å². The lowest BCUT2D eigenvalue weighted by Gasteiger charge is -2.34. The van der Waals surface area contributed by atoms with E-state index in [1.54, 1.807) is 0 Å². The van der Waals surface area contributed by atoms with Crippen LogP contribution in [0.15, 0.2) is 24.3 Å². The van der Waals surface area contributed by atoms with Crippen molar-refractivity contribution in [3.8, 4) is 0 Å². The number of amides is 1. The lowest BCUT2D eigenvalue weighted by molar-refractivity contribution is -0.0440. The first-order valence-corrected chi connectivity index (χ1v) is 9.06. The smallest absolute Gasteiger partial charge is 0.251 e. The minimum Gasteiger partial charge on any atom is -0.373 e. The number of benzene rings is 1. The molecule has 1 aliphatic heterocycles. The molecule has 1 aromatic carbocycles. The topological polar surface area (TPSA) is 75.7 Å². The van der Waals surface area contributed by atoms with Crippen molar-refractivity contribution in [1.29, 1.82) is 0 Å². The Hall–Kier alpha value is -1.51. The van der Waals surface area contributed by atoms with Crippen LogP contribution in [0.3, 0.4) is 0 Å². The molecule has 2 rings (SSSR count). The van der Waals surface area contributed by atoms with E-state index in [0.29, 0.717) is 13.1 Å². The van der Waals surface area contributed by atoms with Crippen LogP contribution in [0.1, 0.15) is 24.2 Å². The molecule has 8 heteroatoms. The van der Waals surface area contributed by atoms with E-state index in [1.807, 2.05) is 13.8 Å². The molecule has 128 valence electrons. The largest absolute Gasteiger partial charge is 0.373 e. The quantitative estimate of drug-likeness (QED) is 0.864. The summed E-state index contributed by atoms with van der Waals surface area (Å²) in [6.45, 7) is 4.29. The zero-order valence-corrected chi connectivity index (χ0v) is 14.0. The van der Waals surface area contributed by atoms with Crippen molar-refractivity contribution in [2.24, 2.45) is 0 Å². The number of halogens is 1. The lowest BCUT2D eigenvalue weighted by atomic mass is 10.2. The van der Waals surface area contributed by atoms with Gasteiger partial charge in [-0.25, -0.2) is 12.8 Å². The summed E-state index contributed by atoms with van der Waals surface area (Å²) in [5.74, 6) is -1.04. The van der Waals surface area contributed by atoms with Gasteiger partial charge < -0.3 is 10.1 Å². The Morgan fingerprint density at radius 2 is 1.83 bits per heavy atom. The number of nitrogens with one attached hydrogen (secondary N) is 1. The van der Waals surface area contributed by atoms with Gasteiger partial charge in [0.15, 0.2) is 0 Å².